The van der Waals surface area contributed by atoms with Crippen molar-refractivity contribution >= 4 is 17.9 Å². The maximum absolute atomic E-state index is 14.3. The number of alkyl carbamates (subject to hydrolysis) is 1. The van der Waals surface area contributed by atoms with Gasteiger partial charge in [-0.05, 0) is 64.0 Å². The summed E-state index contributed by atoms with van der Waals surface area (Å²) in [7, 11) is 0. The van der Waals surface area contributed by atoms with Gasteiger partial charge in [0.25, 0.3) is 0 Å². The van der Waals surface area contributed by atoms with Gasteiger partial charge in [0.1, 0.15) is 17.7 Å². The molecule has 2 aliphatic rings. The van der Waals surface area contributed by atoms with Gasteiger partial charge in [-0.25, -0.2) is 4.79 Å². The molecule has 0 aromatic heterocycles. The molecule has 2 fully saturated rings. The van der Waals surface area contributed by atoms with Gasteiger partial charge in [-0.2, -0.15) is 0 Å². The van der Waals surface area contributed by atoms with Crippen LogP contribution < -0.4 is 10.6 Å². The molecular weight excluding hydrogens is 466 g/mol. The molecule has 7 nitrogen and oxygen atoms in total. The number of carbonyl (C=O) groups excluding carboxylic acids is 3. The Morgan fingerprint density at radius 3 is 2.32 bits per heavy atom. The van der Waals surface area contributed by atoms with Gasteiger partial charge in [-0.1, -0.05) is 63.7 Å². The molecule has 3 atom stereocenters. The first-order chi connectivity index (χ1) is 17.6. The van der Waals surface area contributed by atoms with E-state index in [-0.39, 0.29) is 29.8 Å². The molecule has 1 aromatic carbocycles. The Hall–Kier alpha value is -3.01. The van der Waals surface area contributed by atoms with Crippen molar-refractivity contribution in [2.45, 2.75) is 116 Å². The highest BCUT2D eigenvalue weighted by atomic mass is 16.6. The van der Waals surface area contributed by atoms with E-state index in [2.05, 4.69) is 16.6 Å². The number of terminal acetylenes is 1. The lowest BCUT2D eigenvalue weighted by atomic mass is 9.92. The number of benzene rings is 1. The largest absolute Gasteiger partial charge is 0.444 e. The molecule has 0 aliphatic heterocycles. The third-order valence-electron chi connectivity index (χ3n) is 7.23. The molecule has 0 spiro atoms. The van der Waals surface area contributed by atoms with E-state index < -0.39 is 23.8 Å². The van der Waals surface area contributed by atoms with Crippen LogP contribution in [0.3, 0.4) is 0 Å². The van der Waals surface area contributed by atoms with Crippen molar-refractivity contribution in [1.29, 1.82) is 0 Å². The SMILES string of the molecule is C#Cc1ccccc1C(C(=O)NC1CCCCC1)N(C(=O)C(NC(=O)OC(C)(C)C)C(C)CC)C1CC1. The summed E-state index contributed by atoms with van der Waals surface area (Å²) in [6.07, 6.45) is 12.7. The smallest absolute Gasteiger partial charge is 0.408 e. The fourth-order valence-corrected chi connectivity index (χ4v) is 4.96. The summed E-state index contributed by atoms with van der Waals surface area (Å²) < 4.78 is 5.47. The standard InChI is InChI=1S/C30H43N3O4/c1-7-20(3)25(32-29(36)37-30(4,5)6)28(35)33(23-18-19-23)26(24-17-13-12-14-21(24)8-2)27(34)31-22-15-10-9-11-16-22/h2,12-14,17,20,22-23,25-26H,7,9-11,15-16,18-19H2,1,3-6H3,(H,31,34)(H,32,36). The number of ether oxygens (including phenoxy) is 1. The minimum absolute atomic E-state index is 0.0863. The topological polar surface area (TPSA) is 87.7 Å². The second-order valence-electron chi connectivity index (χ2n) is 11.5. The number of hydrogen-bond donors (Lipinski definition) is 2. The molecule has 7 heteroatoms. The first kappa shape index (κ1) is 28.6. The molecule has 0 heterocycles. The predicted molar refractivity (Wildman–Crippen MR) is 145 cm³/mol. The molecule has 202 valence electrons. The minimum atomic E-state index is -0.874. The lowest BCUT2D eigenvalue weighted by molar-refractivity contribution is -0.144. The van der Waals surface area contributed by atoms with E-state index in [4.69, 9.17) is 11.2 Å². The van der Waals surface area contributed by atoms with Gasteiger partial charge in [0.05, 0.1) is 0 Å². The van der Waals surface area contributed by atoms with E-state index in [9.17, 15) is 14.4 Å². The Balaban J connectivity index is 1.99. The van der Waals surface area contributed by atoms with Crippen molar-refractivity contribution in [3.63, 3.8) is 0 Å². The van der Waals surface area contributed by atoms with Crippen LogP contribution in [0.15, 0.2) is 24.3 Å². The molecule has 2 aliphatic carbocycles. The van der Waals surface area contributed by atoms with Crippen LogP contribution in [0, 0.1) is 18.3 Å². The second kappa shape index (κ2) is 12.5. The van der Waals surface area contributed by atoms with Crippen LogP contribution >= 0.6 is 0 Å². The zero-order valence-electron chi connectivity index (χ0n) is 23.0. The van der Waals surface area contributed by atoms with E-state index in [1.165, 1.54) is 6.42 Å². The Bertz CT molecular complexity index is 999. The van der Waals surface area contributed by atoms with Crippen LogP contribution in [0.2, 0.25) is 0 Å². The molecule has 0 radical (unpaired) electrons. The maximum Gasteiger partial charge on any atom is 0.408 e. The van der Waals surface area contributed by atoms with Gasteiger partial charge in [0.15, 0.2) is 0 Å². The van der Waals surface area contributed by atoms with Gasteiger partial charge in [0.2, 0.25) is 11.8 Å². The number of amides is 3. The van der Waals surface area contributed by atoms with Crippen molar-refractivity contribution in [2.24, 2.45) is 5.92 Å². The Labute approximate surface area is 222 Å². The summed E-state index contributed by atoms with van der Waals surface area (Å²) in [5.74, 6) is 2.05. The number of hydrogen-bond acceptors (Lipinski definition) is 4. The van der Waals surface area contributed by atoms with Crippen molar-refractivity contribution in [3.05, 3.63) is 35.4 Å². The van der Waals surface area contributed by atoms with Crippen LogP contribution in [-0.2, 0) is 14.3 Å². The third-order valence-corrected chi connectivity index (χ3v) is 7.23. The van der Waals surface area contributed by atoms with Crippen molar-refractivity contribution < 1.29 is 19.1 Å². The summed E-state index contributed by atoms with van der Waals surface area (Å²) in [5, 5.41) is 6.05. The van der Waals surface area contributed by atoms with Crippen LogP contribution in [0.4, 0.5) is 4.79 Å². The van der Waals surface area contributed by atoms with E-state index in [1.807, 2.05) is 32.0 Å². The van der Waals surface area contributed by atoms with E-state index >= 15 is 0 Å². The van der Waals surface area contributed by atoms with E-state index in [1.54, 1.807) is 31.7 Å². The Kier molecular flexibility index (Phi) is 9.64. The number of carbonyl (C=O) groups is 3. The summed E-state index contributed by atoms with van der Waals surface area (Å²) >= 11 is 0. The molecule has 3 amide bonds. The van der Waals surface area contributed by atoms with Crippen LogP contribution in [0.5, 0.6) is 0 Å². The van der Waals surface area contributed by atoms with Crippen LogP contribution in [0.1, 0.15) is 103 Å². The van der Waals surface area contributed by atoms with Gasteiger partial charge >= 0.3 is 6.09 Å². The Morgan fingerprint density at radius 2 is 1.76 bits per heavy atom. The average Bonchev–Trinajstić information content (AvgIpc) is 3.69. The first-order valence-electron chi connectivity index (χ1n) is 13.7. The lowest BCUT2D eigenvalue weighted by Gasteiger charge is -2.37. The van der Waals surface area contributed by atoms with Gasteiger partial charge in [-0.15, -0.1) is 6.42 Å². The highest BCUT2D eigenvalue weighted by molar-refractivity contribution is 5.93. The summed E-state index contributed by atoms with van der Waals surface area (Å²) in [5.41, 5.74) is 0.529. The van der Waals surface area contributed by atoms with Crippen LogP contribution in [-0.4, -0.2) is 46.5 Å². The molecular formula is C30H43N3O4. The number of nitrogens with one attached hydrogen (secondary N) is 2. The Morgan fingerprint density at radius 1 is 1.11 bits per heavy atom. The highest BCUT2D eigenvalue weighted by Gasteiger charge is 2.45. The maximum atomic E-state index is 14.3. The fraction of sp³-hybridized carbons (Fsp3) is 0.633. The molecule has 3 rings (SSSR count). The third kappa shape index (κ3) is 7.74. The number of rotatable bonds is 9. The minimum Gasteiger partial charge on any atom is -0.444 e. The molecule has 3 unspecified atom stereocenters. The summed E-state index contributed by atoms with van der Waals surface area (Å²) in [6.45, 7) is 9.25. The lowest BCUT2D eigenvalue weighted by Crippen LogP contribution is -2.56. The van der Waals surface area contributed by atoms with Crippen molar-refractivity contribution in [3.8, 4) is 12.3 Å². The van der Waals surface area contributed by atoms with Crippen molar-refractivity contribution in [1.82, 2.24) is 15.5 Å². The fourth-order valence-electron chi connectivity index (χ4n) is 4.96. The van der Waals surface area contributed by atoms with Crippen LogP contribution in [0.25, 0.3) is 0 Å². The molecule has 0 saturated heterocycles. The quantitative estimate of drug-likeness (QED) is 0.454. The zero-order chi connectivity index (χ0) is 27.2. The van der Waals surface area contributed by atoms with Gasteiger partial charge in [0, 0.05) is 17.6 Å². The van der Waals surface area contributed by atoms with Crippen molar-refractivity contribution in [2.75, 3.05) is 0 Å². The molecule has 0 bridgehead atoms. The average molecular weight is 510 g/mol. The van der Waals surface area contributed by atoms with Gasteiger partial charge in [-0.3, -0.25) is 9.59 Å². The predicted octanol–water partition coefficient (Wildman–Crippen LogP) is 5.09. The molecule has 37 heavy (non-hydrogen) atoms. The van der Waals surface area contributed by atoms with E-state index in [0.29, 0.717) is 17.5 Å². The first-order valence-corrected chi connectivity index (χ1v) is 13.7. The number of nitrogens with zero attached hydrogens (tertiary/aromatic N) is 1. The van der Waals surface area contributed by atoms with E-state index in [0.717, 1.165) is 38.5 Å². The highest BCUT2D eigenvalue weighted by Crippen LogP contribution is 2.37. The molecule has 2 saturated carbocycles. The molecule has 1 aromatic rings. The summed E-state index contributed by atoms with van der Waals surface area (Å²) in [6, 6.07) is 5.61. The van der Waals surface area contributed by atoms with Gasteiger partial charge < -0.3 is 20.3 Å². The zero-order valence-corrected chi connectivity index (χ0v) is 23.0. The second-order valence-corrected chi connectivity index (χ2v) is 11.5. The summed E-state index contributed by atoms with van der Waals surface area (Å²) in [4.78, 5) is 42.6. The normalized spacial score (nSPS) is 18.6. The monoisotopic (exact) mass is 509 g/mol. The molecule has 2 N–H and O–H groups in total.